The summed E-state index contributed by atoms with van der Waals surface area (Å²) in [6.45, 7) is 4.28. The molecule has 0 amide bonds. The number of anilines is 1. The molecule has 0 saturated carbocycles. The summed E-state index contributed by atoms with van der Waals surface area (Å²) in [5.41, 5.74) is 3.49. The fourth-order valence-electron chi connectivity index (χ4n) is 1.64. The lowest BCUT2D eigenvalue weighted by Gasteiger charge is -2.08. The number of rotatable bonds is 4. The maximum atomic E-state index is 5.45. The van der Waals surface area contributed by atoms with Crippen LogP contribution in [0.4, 0.5) is 5.82 Å². The Balaban J connectivity index is 2.40. The molecule has 18 heavy (non-hydrogen) atoms. The standard InChI is InChI=1S/C12H15BrN4O/c1-7(2)5-8-6-11(17-14)16-12(15-8)9-3-4-10(13)18-9/h3-4,6-7H,5,14H2,1-2H3,(H,15,16,17). The second-order valence-corrected chi connectivity index (χ2v) is 5.20. The number of nitrogens with two attached hydrogens (primary N) is 1. The van der Waals surface area contributed by atoms with E-state index in [1.54, 1.807) is 0 Å². The number of hydrogen-bond acceptors (Lipinski definition) is 5. The van der Waals surface area contributed by atoms with Gasteiger partial charge in [-0.15, -0.1) is 0 Å². The summed E-state index contributed by atoms with van der Waals surface area (Å²) in [5.74, 6) is 7.67. The quantitative estimate of drug-likeness (QED) is 0.670. The van der Waals surface area contributed by atoms with Gasteiger partial charge in [0.1, 0.15) is 5.82 Å². The summed E-state index contributed by atoms with van der Waals surface area (Å²) in [5, 5.41) is 0. The van der Waals surface area contributed by atoms with E-state index in [9.17, 15) is 0 Å². The molecule has 96 valence electrons. The highest BCUT2D eigenvalue weighted by Crippen LogP contribution is 2.24. The number of aromatic nitrogens is 2. The van der Waals surface area contributed by atoms with E-state index < -0.39 is 0 Å². The van der Waals surface area contributed by atoms with Crippen molar-refractivity contribution in [3.05, 3.63) is 28.6 Å². The van der Waals surface area contributed by atoms with Gasteiger partial charge in [0.25, 0.3) is 0 Å². The van der Waals surface area contributed by atoms with E-state index in [1.807, 2.05) is 18.2 Å². The first-order valence-corrected chi connectivity index (χ1v) is 6.48. The van der Waals surface area contributed by atoms with Crippen LogP contribution in [0.25, 0.3) is 11.6 Å². The molecule has 0 spiro atoms. The van der Waals surface area contributed by atoms with Crippen molar-refractivity contribution in [2.45, 2.75) is 20.3 Å². The SMILES string of the molecule is CC(C)Cc1cc(NN)nc(-c2ccc(Br)o2)n1. The zero-order valence-electron chi connectivity index (χ0n) is 10.3. The van der Waals surface area contributed by atoms with Crippen molar-refractivity contribution in [2.75, 3.05) is 5.43 Å². The molecule has 2 heterocycles. The molecular formula is C12H15BrN4O. The third kappa shape index (κ3) is 3.08. The minimum atomic E-state index is 0.515. The summed E-state index contributed by atoms with van der Waals surface area (Å²) in [6, 6.07) is 5.48. The molecule has 3 N–H and O–H groups in total. The fraction of sp³-hybridized carbons (Fsp3) is 0.333. The number of furan rings is 1. The molecule has 2 aromatic heterocycles. The topological polar surface area (TPSA) is 77.0 Å². The molecule has 0 aliphatic rings. The molecule has 0 aromatic carbocycles. The number of hydrogen-bond donors (Lipinski definition) is 2. The molecule has 2 aromatic rings. The lowest BCUT2D eigenvalue weighted by molar-refractivity contribution is 0.550. The van der Waals surface area contributed by atoms with Gasteiger partial charge in [0, 0.05) is 11.8 Å². The first-order chi connectivity index (χ1) is 8.58. The number of halogens is 1. The first-order valence-electron chi connectivity index (χ1n) is 5.68. The van der Waals surface area contributed by atoms with Gasteiger partial charge in [-0.1, -0.05) is 13.8 Å². The molecule has 5 nitrogen and oxygen atoms in total. The van der Waals surface area contributed by atoms with Crippen molar-refractivity contribution in [3.63, 3.8) is 0 Å². The largest absolute Gasteiger partial charge is 0.446 e. The van der Waals surface area contributed by atoms with E-state index in [4.69, 9.17) is 10.3 Å². The number of hydrazine groups is 1. The average Bonchev–Trinajstić information content (AvgIpc) is 2.74. The van der Waals surface area contributed by atoms with Crippen LogP contribution in [0.2, 0.25) is 0 Å². The molecule has 0 aliphatic carbocycles. The van der Waals surface area contributed by atoms with Crippen LogP contribution in [0, 0.1) is 5.92 Å². The molecule has 0 bridgehead atoms. The number of nitrogens with zero attached hydrogens (tertiary/aromatic N) is 2. The van der Waals surface area contributed by atoms with Gasteiger partial charge in [-0.3, -0.25) is 0 Å². The van der Waals surface area contributed by atoms with Crippen molar-refractivity contribution in [3.8, 4) is 11.6 Å². The predicted octanol–water partition coefficient (Wildman–Crippen LogP) is 2.98. The molecule has 0 aliphatic heterocycles. The summed E-state index contributed by atoms with van der Waals surface area (Å²) >= 11 is 3.26. The highest BCUT2D eigenvalue weighted by molar-refractivity contribution is 9.10. The second-order valence-electron chi connectivity index (χ2n) is 4.41. The lowest BCUT2D eigenvalue weighted by atomic mass is 10.1. The van der Waals surface area contributed by atoms with Gasteiger partial charge in [-0.25, -0.2) is 15.8 Å². The minimum Gasteiger partial charge on any atom is -0.446 e. The average molecular weight is 311 g/mol. The lowest BCUT2D eigenvalue weighted by Crippen LogP contribution is -2.11. The number of nitrogen functional groups attached to an aromatic ring is 1. The molecule has 0 saturated heterocycles. The van der Waals surface area contributed by atoms with Crippen LogP contribution in [0.5, 0.6) is 0 Å². The van der Waals surface area contributed by atoms with Crippen molar-refractivity contribution >= 4 is 21.7 Å². The van der Waals surface area contributed by atoms with Gasteiger partial charge in [0.15, 0.2) is 16.3 Å². The van der Waals surface area contributed by atoms with Crippen LogP contribution < -0.4 is 11.3 Å². The van der Waals surface area contributed by atoms with Crippen molar-refractivity contribution in [1.82, 2.24) is 9.97 Å². The summed E-state index contributed by atoms with van der Waals surface area (Å²) in [4.78, 5) is 8.76. The third-order valence-electron chi connectivity index (χ3n) is 2.34. The predicted molar refractivity (Wildman–Crippen MR) is 73.8 cm³/mol. The zero-order chi connectivity index (χ0) is 13.1. The summed E-state index contributed by atoms with van der Waals surface area (Å²) < 4.78 is 6.10. The van der Waals surface area contributed by atoms with Crippen LogP contribution in [-0.4, -0.2) is 9.97 Å². The van der Waals surface area contributed by atoms with Gasteiger partial charge in [0.2, 0.25) is 0 Å². The van der Waals surface area contributed by atoms with Crippen molar-refractivity contribution < 1.29 is 4.42 Å². The van der Waals surface area contributed by atoms with Crippen LogP contribution in [-0.2, 0) is 6.42 Å². The Morgan fingerprint density at radius 3 is 2.72 bits per heavy atom. The van der Waals surface area contributed by atoms with E-state index in [0.717, 1.165) is 12.1 Å². The smallest absolute Gasteiger partial charge is 0.197 e. The highest BCUT2D eigenvalue weighted by Gasteiger charge is 2.11. The van der Waals surface area contributed by atoms with Crippen LogP contribution in [0.15, 0.2) is 27.3 Å². The molecule has 6 heteroatoms. The van der Waals surface area contributed by atoms with E-state index >= 15 is 0 Å². The zero-order valence-corrected chi connectivity index (χ0v) is 11.9. The summed E-state index contributed by atoms with van der Waals surface area (Å²) in [6.07, 6.45) is 0.867. The maximum absolute atomic E-state index is 5.45. The summed E-state index contributed by atoms with van der Waals surface area (Å²) in [7, 11) is 0. The second kappa shape index (κ2) is 5.49. The molecule has 0 unspecified atom stereocenters. The Morgan fingerprint density at radius 1 is 1.39 bits per heavy atom. The highest BCUT2D eigenvalue weighted by atomic mass is 79.9. The Bertz CT molecular complexity index is 539. The Labute approximate surface area is 114 Å². The molecule has 0 fully saturated rings. The monoisotopic (exact) mass is 310 g/mol. The van der Waals surface area contributed by atoms with Crippen LogP contribution >= 0.6 is 15.9 Å². The third-order valence-corrected chi connectivity index (χ3v) is 2.76. The molecule has 0 atom stereocenters. The molecule has 0 radical (unpaired) electrons. The minimum absolute atomic E-state index is 0.515. The van der Waals surface area contributed by atoms with Crippen LogP contribution in [0.1, 0.15) is 19.5 Å². The van der Waals surface area contributed by atoms with Crippen molar-refractivity contribution in [1.29, 1.82) is 0 Å². The van der Waals surface area contributed by atoms with E-state index in [2.05, 4.69) is 45.2 Å². The van der Waals surface area contributed by atoms with E-state index in [-0.39, 0.29) is 0 Å². The van der Waals surface area contributed by atoms with Gasteiger partial charge in [0.05, 0.1) is 0 Å². The fourth-order valence-corrected chi connectivity index (χ4v) is 1.95. The van der Waals surface area contributed by atoms with Gasteiger partial charge in [-0.2, -0.15) is 0 Å². The number of nitrogens with one attached hydrogen (secondary N) is 1. The van der Waals surface area contributed by atoms with Gasteiger partial charge < -0.3 is 9.84 Å². The normalized spacial score (nSPS) is 10.9. The van der Waals surface area contributed by atoms with Gasteiger partial charge in [-0.05, 0) is 40.4 Å². The van der Waals surface area contributed by atoms with E-state index in [0.29, 0.717) is 28.0 Å². The maximum Gasteiger partial charge on any atom is 0.197 e. The van der Waals surface area contributed by atoms with Crippen molar-refractivity contribution in [2.24, 2.45) is 11.8 Å². The Morgan fingerprint density at radius 2 is 2.17 bits per heavy atom. The van der Waals surface area contributed by atoms with Crippen LogP contribution in [0.3, 0.4) is 0 Å². The molecule has 2 rings (SSSR count). The first kappa shape index (κ1) is 13.0. The molecular weight excluding hydrogens is 296 g/mol. The Hall–Kier alpha value is -1.40. The van der Waals surface area contributed by atoms with Gasteiger partial charge >= 0.3 is 0 Å². The van der Waals surface area contributed by atoms with E-state index in [1.165, 1.54) is 0 Å². The Kier molecular flexibility index (Phi) is 3.98.